The summed E-state index contributed by atoms with van der Waals surface area (Å²) in [7, 11) is -3.76. The minimum Gasteiger partial charge on any atom is -0.484 e. The van der Waals surface area contributed by atoms with Crippen LogP contribution in [0.25, 0.3) is 0 Å². The van der Waals surface area contributed by atoms with E-state index >= 15 is 0 Å². The maximum absolute atomic E-state index is 13.2. The molecule has 0 aromatic heterocycles. The molecule has 0 atom stereocenters. The summed E-state index contributed by atoms with van der Waals surface area (Å²) in [6.45, 7) is 3.04. The molecule has 0 unspecified atom stereocenters. The summed E-state index contributed by atoms with van der Waals surface area (Å²) >= 11 is 0. The fourth-order valence-corrected chi connectivity index (χ4v) is 5.03. The molecule has 1 amide bonds. The van der Waals surface area contributed by atoms with Crippen molar-refractivity contribution in [2.45, 2.75) is 18.2 Å². The standard InChI is InChI=1S/C26H28N2O6S/c1-2-20-7-6-10-22(17-20)33-19-26(29)27-24-18-23(35(30,31)28-13-15-32-16-14-28)11-12-25(24)34-21-8-4-3-5-9-21/h3-12,17-18H,2,13-16,19H2,1H3,(H,27,29). The second-order valence-corrected chi connectivity index (χ2v) is 9.87. The highest BCUT2D eigenvalue weighted by molar-refractivity contribution is 7.89. The molecule has 9 heteroatoms. The molecule has 0 bridgehead atoms. The number of para-hydroxylation sites is 1. The van der Waals surface area contributed by atoms with E-state index in [1.165, 1.54) is 16.4 Å². The largest absolute Gasteiger partial charge is 0.484 e. The molecular weight excluding hydrogens is 468 g/mol. The van der Waals surface area contributed by atoms with Crippen molar-refractivity contribution in [2.75, 3.05) is 38.2 Å². The molecule has 1 heterocycles. The van der Waals surface area contributed by atoms with E-state index in [9.17, 15) is 13.2 Å². The van der Waals surface area contributed by atoms with Crippen molar-refractivity contribution < 1.29 is 27.4 Å². The van der Waals surface area contributed by atoms with E-state index in [-0.39, 0.29) is 30.3 Å². The van der Waals surface area contributed by atoms with Crippen LogP contribution in [0.1, 0.15) is 12.5 Å². The molecule has 1 saturated heterocycles. The molecule has 3 aromatic carbocycles. The topological polar surface area (TPSA) is 94.2 Å². The smallest absolute Gasteiger partial charge is 0.262 e. The first kappa shape index (κ1) is 24.7. The van der Waals surface area contributed by atoms with Crippen molar-refractivity contribution in [2.24, 2.45) is 0 Å². The normalized spacial score (nSPS) is 14.3. The molecule has 8 nitrogen and oxygen atoms in total. The summed E-state index contributed by atoms with van der Waals surface area (Å²) in [5.41, 5.74) is 1.33. The summed E-state index contributed by atoms with van der Waals surface area (Å²) < 4.78 is 44.5. The van der Waals surface area contributed by atoms with Crippen LogP contribution in [0.4, 0.5) is 5.69 Å². The average Bonchev–Trinajstić information content (AvgIpc) is 2.89. The van der Waals surface area contributed by atoms with Crippen LogP contribution in [-0.4, -0.2) is 51.5 Å². The van der Waals surface area contributed by atoms with Crippen LogP contribution in [0.15, 0.2) is 77.7 Å². The third-order valence-electron chi connectivity index (χ3n) is 5.48. The Labute approximate surface area is 205 Å². The lowest BCUT2D eigenvalue weighted by molar-refractivity contribution is -0.118. The Morgan fingerprint density at radius 3 is 2.46 bits per heavy atom. The minimum atomic E-state index is -3.76. The van der Waals surface area contributed by atoms with Gasteiger partial charge in [-0.25, -0.2) is 8.42 Å². The van der Waals surface area contributed by atoms with Gasteiger partial charge in [-0.2, -0.15) is 4.31 Å². The number of nitrogens with zero attached hydrogens (tertiary/aromatic N) is 1. The van der Waals surface area contributed by atoms with Crippen molar-refractivity contribution in [1.29, 1.82) is 0 Å². The van der Waals surface area contributed by atoms with Gasteiger partial charge >= 0.3 is 0 Å². The zero-order valence-corrected chi connectivity index (χ0v) is 20.3. The van der Waals surface area contributed by atoms with Crippen molar-refractivity contribution in [1.82, 2.24) is 4.31 Å². The van der Waals surface area contributed by atoms with Gasteiger partial charge in [-0.3, -0.25) is 4.79 Å². The van der Waals surface area contributed by atoms with Gasteiger partial charge in [0.25, 0.3) is 5.91 Å². The molecule has 35 heavy (non-hydrogen) atoms. The summed E-state index contributed by atoms with van der Waals surface area (Å²) in [4.78, 5) is 12.8. The lowest BCUT2D eigenvalue weighted by Crippen LogP contribution is -2.40. The lowest BCUT2D eigenvalue weighted by Gasteiger charge is -2.26. The number of anilines is 1. The number of aryl methyl sites for hydroxylation is 1. The number of amides is 1. The number of rotatable bonds is 9. The zero-order valence-electron chi connectivity index (χ0n) is 19.5. The first-order valence-corrected chi connectivity index (χ1v) is 12.9. The number of benzene rings is 3. The Balaban J connectivity index is 1.56. The van der Waals surface area contributed by atoms with Crippen molar-refractivity contribution in [3.05, 3.63) is 78.4 Å². The highest BCUT2D eigenvalue weighted by atomic mass is 32.2. The van der Waals surface area contributed by atoms with E-state index in [1.807, 2.05) is 43.3 Å². The van der Waals surface area contributed by atoms with Gasteiger partial charge in [0.15, 0.2) is 12.4 Å². The first-order chi connectivity index (χ1) is 17.0. The molecule has 0 aliphatic carbocycles. The quantitative estimate of drug-likeness (QED) is 0.480. The second-order valence-electron chi connectivity index (χ2n) is 7.93. The van der Waals surface area contributed by atoms with Crippen LogP contribution >= 0.6 is 0 Å². The van der Waals surface area contributed by atoms with Crippen LogP contribution in [0.3, 0.4) is 0 Å². The third kappa shape index (κ3) is 6.39. The SMILES string of the molecule is CCc1cccc(OCC(=O)Nc2cc(S(=O)(=O)N3CCOCC3)ccc2Oc2ccccc2)c1. The van der Waals surface area contributed by atoms with Crippen molar-refractivity contribution >= 4 is 21.6 Å². The van der Waals surface area contributed by atoms with Gasteiger partial charge in [0.2, 0.25) is 10.0 Å². The number of carbonyl (C=O) groups is 1. The number of hydrogen-bond donors (Lipinski definition) is 1. The van der Waals surface area contributed by atoms with Gasteiger partial charge in [0, 0.05) is 13.1 Å². The lowest BCUT2D eigenvalue weighted by atomic mass is 10.2. The number of sulfonamides is 1. The summed E-state index contributed by atoms with van der Waals surface area (Å²) in [5.74, 6) is 1.02. The Kier molecular flexibility index (Phi) is 8.02. The molecule has 1 fully saturated rings. The maximum atomic E-state index is 13.2. The second kappa shape index (κ2) is 11.4. The fourth-order valence-electron chi connectivity index (χ4n) is 3.60. The van der Waals surface area contributed by atoms with Crippen molar-refractivity contribution in [3.8, 4) is 17.2 Å². The van der Waals surface area contributed by atoms with E-state index < -0.39 is 15.9 Å². The Hall–Kier alpha value is -3.40. The number of morpholine rings is 1. The highest BCUT2D eigenvalue weighted by Crippen LogP contribution is 2.33. The molecule has 0 radical (unpaired) electrons. The predicted octanol–water partition coefficient (Wildman–Crippen LogP) is 4.08. The molecule has 3 aromatic rings. The van der Waals surface area contributed by atoms with E-state index in [2.05, 4.69) is 5.32 Å². The van der Waals surface area contributed by atoms with E-state index in [0.29, 0.717) is 30.5 Å². The highest BCUT2D eigenvalue weighted by Gasteiger charge is 2.27. The van der Waals surface area contributed by atoms with E-state index in [1.54, 1.807) is 24.3 Å². The zero-order chi connectivity index (χ0) is 24.7. The summed E-state index contributed by atoms with van der Waals surface area (Å²) in [6, 6.07) is 21.0. The minimum absolute atomic E-state index is 0.0617. The number of ether oxygens (including phenoxy) is 3. The first-order valence-electron chi connectivity index (χ1n) is 11.4. The number of nitrogens with one attached hydrogen (secondary N) is 1. The monoisotopic (exact) mass is 496 g/mol. The Morgan fingerprint density at radius 2 is 1.71 bits per heavy atom. The van der Waals surface area contributed by atoms with Crippen molar-refractivity contribution in [3.63, 3.8) is 0 Å². The van der Waals surface area contributed by atoms with Gasteiger partial charge < -0.3 is 19.5 Å². The molecule has 1 aliphatic heterocycles. The van der Waals surface area contributed by atoms with Crippen LogP contribution < -0.4 is 14.8 Å². The predicted molar refractivity (Wildman–Crippen MR) is 132 cm³/mol. The molecule has 1 aliphatic rings. The van der Waals surface area contributed by atoms with Gasteiger partial charge in [-0.1, -0.05) is 37.3 Å². The molecule has 4 rings (SSSR count). The third-order valence-corrected chi connectivity index (χ3v) is 7.38. The van der Waals surface area contributed by atoms with E-state index in [0.717, 1.165) is 12.0 Å². The number of hydrogen-bond acceptors (Lipinski definition) is 6. The van der Waals surface area contributed by atoms with Gasteiger partial charge in [-0.15, -0.1) is 0 Å². The number of carbonyl (C=O) groups excluding carboxylic acids is 1. The van der Waals surface area contributed by atoms with Crippen LogP contribution in [0.2, 0.25) is 0 Å². The van der Waals surface area contributed by atoms with Crippen LogP contribution in [0, 0.1) is 0 Å². The van der Waals surface area contributed by atoms with Gasteiger partial charge in [0.05, 0.1) is 23.8 Å². The molecular formula is C26H28N2O6S. The Bertz CT molecular complexity index is 1260. The summed E-state index contributed by atoms with van der Waals surface area (Å²) in [6.07, 6.45) is 0.855. The fraction of sp³-hybridized carbons (Fsp3) is 0.269. The van der Waals surface area contributed by atoms with Gasteiger partial charge in [0.1, 0.15) is 11.5 Å². The molecule has 0 saturated carbocycles. The van der Waals surface area contributed by atoms with E-state index in [4.69, 9.17) is 14.2 Å². The summed E-state index contributed by atoms with van der Waals surface area (Å²) in [5, 5.41) is 2.75. The van der Waals surface area contributed by atoms with Gasteiger partial charge in [-0.05, 0) is 54.4 Å². The molecule has 0 spiro atoms. The maximum Gasteiger partial charge on any atom is 0.262 e. The molecule has 184 valence electrons. The van der Waals surface area contributed by atoms with Crippen LogP contribution in [0.5, 0.6) is 17.2 Å². The van der Waals surface area contributed by atoms with Crippen LogP contribution in [-0.2, 0) is 26.0 Å². The average molecular weight is 497 g/mol. The molecule has 1 N–H and O–H groups in total. The Morgan fingerprint density at radius 1 is 0.971 bits per heavy atom.